The number of amides is 2. The van der Waals surface area contributed by atoms with Crippen molar-refractivity contribution in [3.63, 3.8) is 0 Å². The van der Waals surface area contributed by atoms with Crippen LogP contribution in [-0.2, 0) is 10.5 Å². The van der Waals surface area contributed by atoms with Crippen molar-refractivity contribution in [3.8, 4) is 0 Å². The molecule has 2 saturated heterocycles. The van der Waals surface area contributed by atoms with Crippen LogP contribution in [0.5, 0.6) is 0 Å². The number of aromatic amines is 1. The summed E-state index contributed by atoms with van der Waals surface area (Å²) < 4.78 is 0. The van der Waals surface area contributed by atoms with E-state index in [0.717, 1.165) is 84.0 Å². The molecule has 1 aromatic heterocycles. The molecule has 0 aliphatic carbocycles. The Bertz CT molecular complexity index is 1580. The van der Waals surface area contributed by atoms with Crippen molar-refractivity contribution in [1.82, 2.24) is 14.8 Å². The van der Waals surface area contributed by atoms with Gasteiger partial charge >= 0.3 is 0 Å². The van der Waals surface area contributed by atoms with Crippen molar-refractivity contribution >= 4 is 64.1 Å². The van der Waals surface area contributed by atoms with Crippen LogP contribution in [0.4, 0.5) is 5.69 Å². The quantitative estimate of drug-likeness (QED) is 0.187. The fourth-order valence-corrected chi connectivity index (χ4v) is 8.34. The maximum atomic E-state index is 13.9. The van der Waals surface area contributed by atoms with Crippen LogP contribution >= 0.6 is 35.0 Å². The van der Waals surface area contributed by atoms with E-state index >= 15 is 0 Å². The summed E-state index contributed by atoms with van der Waals surface area (Å²) in [5, 5.41) is 14.0. The third kappa shape index (κ3) is 6.00. The number of likely N-dealkylation sites (tertiary alicyclic amines) is 2. The van der Waals surface area contributed by atoms with Crippen LogP contribution in [0.25, 0.3) is 11.6 Å². The number of thioether (sulfide) groups is 1. The SMILES string of the molecule is Cc1[nH]c(/C=C2\C(=O)Nc3ccc(SCc4c(Cl)cccc4Cl)cc32)c(C)c1C(=O)N1CCCC1CN1CCC[C@H]1CO. The molecule has 0 bridgehead atoms. The number of aryl methyl sites for hydroxylation is 1. The maximum Gasteiger partial charge on any atom is 0.256 e. The number of rotatable bonds is 8. The van der Waals surface area contributed by atoms with Gasteiger partial charge in [0.2, 0.25) is 0 Å². The minimum atomic E-state index is -0.172. The lowest BCUT2D eigenvalue weighted by molar-refractivity contribution is -0.110. The average Bonchev–Trinajstić information content (AvgIpc) is 3.76. The monoisotopic (exact) mass is 638 g/mol. The molecule has 2 aromatic carbocycles. The van der Waals surface area contributed by atoms with E-state index in [2.05, 4.69) is 15.2 Å². The number of aliphatic hydroxyl groups excluding tert-OH is 1. The smallest absolute Gasteiger partial charge is 0.256 e. The molecule has 226 valence electrons. The molecule has 0 radical (unpaired) electrons. The first kappa shape index (κ1) is 30.3. The molecular weight excluding hydrogens is 603 g/mol. The summed E-state index contributed by atoms with van der Waals surface area (Å²) in [7, 11) is 0. The minimum Gasteiger partial charge on any atom is -0.395 e. The van der Waals surface area contributed by atoms with E-state index in [1.807, 2.05) is 61.2 Å². The number of halogens is 2. The molecular formula is C33H36Cl2N4O3S. The molecule has 3 aromatic rings. The van der Waals surface area contributed by atoms with Crippen LogP contribution in [0.2, 0.25) is 10.0 Å². The van der Waals surface area contributed by atoms with Gasteiger partial charge in [0.05, 0.1) is 17.7 Å². The molecule has 2 atom stereocenters. The first-order valence-electron chi connectivity index (χ1n) is 14.8. The number of carbonyl (C=O) groups excluding carboxylic acids is 2. The molecule has 0 spiro atoms. The molecule has 7 nitrogen and oxygen atoms in total. The number of nitrogens with zero attached hydrogens (tertiary/aromatic N) is 2. The minimum absolute atomic E-state index is 0.0336. The molecule has 2 amide bonds. The van der Waals surface area contributed by atoms with Crippen molar-refractivity contribution in [2.45, 2.75) is 62.3 Å². The van der Waals surface area contributed by atoms with E-state index < -0.39 is 0 Å². The molecule has 3 N–H and O–H groups in total. The number of aliphatic hydroxyl groups is 1. The zero-order valence-corrected chi connectivity index (χ0v) is 26.7. The van der Waals surface area contributed by atoms with Crippen LogP contribution in [0, 0.1) is 13.8 Å². The van der Waals surface area contributed by atoms with E-state index in [4.69, 9.17) is 23.2 Å². The van der Waals surface area contributed by atoms with E-state index in [9.17, 15) is 14.7 Å². The van der Waals surface area contributed by atoms with E-state index in [0.29, 0.717) is 26.9 Å². The number of benzene rings is 2. The molecule has 6 rings (SSSR count). The topological polar surface area (TPSA) is 88.7 Å². The Morgan fingerprint density at radius 3 is 2.60 bits per heavy atom. The van der Waals surface area contributed by atoms with Gasteiger partial charge in [-0.15, -0.1) is 11.8 Å². The first-order valence-corrected chi connectivity index (χ1v) is 16.6. The second-order valence-electron chi connectivity index (χ2n) is 11.6. The van der Waals surface area contributed by atoms with Crippen LogP contribution in [0.15, 0.2) is 41.3 Å². The fourth-order valence-electron chi connectivity index (χ4n) is 6.66. The van der Waals surface area contributed by atoms with Crippen molar-refractivity contribution in [1.29, 1.82) is 0 Å². The molecule has 3 aliphatic heterocycles. The zero-order valence-electron chi connectivity index (χ0n) is 24.4. The van der Waals surface area contributed by atoms with E-state index in [1.54, 1.807) is 11.8 Å². The average molecular weight is 640 g/mol. The maximum absolute atomic E-state index is 13.9. The molecule has 43 heavy (non-hydrogen) atoms. The van der Waals surface area contributed by atoms with Crippen molar-refractivity contribution in [3.05, 3.63) is 80.1 Å². The highest BCUT2D eigenvalue weighted by atomic mass is 35.5. The molecule has 10 heteroatoms. The van der Waals surface area contributed by atoms with Gasteiger partial charge in [0.15, 0.2) is 0 Å². The van der Waals surface area contributed by atoms with Gasteiger partial charge in [-0.1, -0.05) is 29.3 Å². The molecule has 3 aliphatic rings. The van der Waals surface area contributed by atoms with Crippen LogP contribution < -0.4 is 5.32 Å². The Morgan fingerprint density at radius 2 is 1.84 bits per heavy atom. The molecule has 0 saturated carbocycles. The summed E-state index contributed by atoms with van der Waals surface area (Å²) in [6.45, 7) is 6.55. The summed E-state index contributed by atoms with van der Waals surface area (Å²) in [5.74, 6) is 0.467. The number of H-pyrrole nitrogens is 1. The number of hydrogen-bond acceptors (Lipinski definition) is 5. The summed E-state index contributed by atoms with van der Waals surface area (Å²) in [4.78, 5) is 35.8. The van der Waals surface area contributed by atoms with Gasteiger partial charge in [0, 0.05) is 68.5 Å². The van der Waals surface area contributed by atoms with E-state index in [1.165, 1.54) is 0 Å². The summed E-state index contributed by atoms with van der Waals surface area (Å²) in [5.41, 5.74) is 6.10. The summed E-state index contributed by atoms with van der Waals surface area (Å²) >= 11 is 14.3. The lowest BCUT2D eigenvalue weighted by Crippen LogP contribution is -2.45. The van der Waals surface area contributed by atoms with Gasteiger partial charge in [-0.05, 0) is 93.6 Å². The molecule has 4 heterocycles. The fraction of sp³-hybridized carbons (Fsp3) is 0.394. The Balaban J connectivity index is 1.23. The number of anilines is 1. The van der Waals surface area contributed by atoms with Gasteiger partial charge < -0.3 is 20.3 Å². The second kappa shape index (κ2) is 12.7. The van der Waals surface area contributed by atoms with Crippen LogP contribution in [0.3, 0.4) is 0 Å². The highest BCUT2D eigenvalue weighted by Crippen LogP contribution is 2.39. The van der Waals surface area contributed by atoms with E-state index in [-0.39, 0.29) is 30.5 Å². The van der Waals surface area contributed by atoms with Gasteiger partial charge in [0.1, 0.15) is 0 Å². The zero-order chi connectivity index (χ0) is 30.2. The van der Waals surface area contributed by atoms with Gasteiger partial charge in [0.25, 0.3) is 11.8 Å². The highest BCUT2D eigenvalue weighted by molar-refractivity contribution is 7.98. The third-order valence-electron chi connectivity index (χ3n) is 8.99. The summed E-state index contributed by atoms with van der Waals surface area (Å²) in [6.07, 6.45) is 5.91. The predicted octanol–water partition coefficient (Wildman–Crippen LogP) is 6.78. The van der Waals surface area contributed by atoms with Crippen LogP contribution in [-0.4, -0.2) is 70.0 Å². The highest BCUT2D eigenvalue weighted by Gasteiger charge is 2.35. The van der Waals surface area contributed by atoms with Gasteiger partial charge in [-0.3, -0.25) is 14.5 Å². The van der Waals surface area contributed by atoms with Gasteiger partial charge in [-0.2, -0.15) is 0 Å². The second-order valence-corrected chi connectivity index (χ2v) is 13.5. The molecule has 2 fully saturated rings. The molecule has 1 unspecified atom stereocenters. The Morgan fingerprint density at radius 1 is 1.09 bits per heavy atom. The number of hydrogen-bond donors (Lipinski definition) is 3. The summed E-state index contributed by atoms with van der Waals surface area (Å²) in [6, 6.07) is 11.7. The predicted molar refractivity (Wildman–Crippen MR) is 175 cm³/mol. The number of aromatic nitrogens is 1. The van der Waals surface area contributed by atoms with Crippen LogP contribution in [0.1, 0.15) is 64.1 Å². The number of carbonyl (C=O) groups is 2. The van der Waals surface area contributed by atoms with Crippen molar-refractivity contribution < 1.29 is 14.7 Å². The van der Waals surface area contributed by atoms with Gasteiger partial charge in [-0.25, -0.2) is 0 Å². The third-order valence-corrected chi connectivity index (χ3v) is 10.7. The lowest BCUT2D eigenvalue weighted by atomic mass is 10.0. The lowest BCUT2D eigenvalue weighted by Gasteiger charge is -2.31. The normalized spacial score (nSPS) is 21.2. The number of fused-ring (bicyclic) bond motifs is 1. The Kier molecular flexibility index (Phi) is 8.94. The first-order chi connectivity index (χ1) is 20.7. The number of nitrogens with one attached hydrogen (secondary N) is 2. The standard InChI is InChI=1S/C33H36Cl2N4O3S/c1-19-30(36-20(2)31(19)33(42)39-13-5-6-21(39)16-38-12-4-7-22(38)17-40)15-25-24-14-23(10-11-29(24)37-32(25)41)43-18-26-27(34)8-3-9-28(26)35/h3,8-11,14-15,21-22,36,40H,4-7,12-13,16-18H2,1-2H3,(H,37,41)/b25-15-/t21?,22-/m0/s1. The Hall–Kier alpha value is -2.75. The Labute approximate surface area is 266 Å². The largest absolute Gasteiger partial charge is 0.395 e. The van der Waals surface area contributed by atoms with Crippen molar-refractivity contribution in [2.24, 2.45) is 0 Å². The van der Waals surface area contributed by atoms with Crippen molar-refractivity contribution in [2.75, 3.05) is 31.6 Å².